The molecule has 0 atom stereocenters. The molecule has 6 heteroatoms. The summed E-state index contributed by atoms with van der Waals surface area (Å²) in [7, 11) is 0. The van der Waals surface area contributed by atoms with Crippen molar-refractivity contribution in [1.82, 2.24) is 4.90 Å². The third kappa shape index (κ3) is 3.75. The molecule has 1 aromatic rings. The van der Waals surface area contributed by atoms with E-state index in [1.54, 1.807) is 6.07 Å². The summed E-state index contributed by atoms with van der Waals surface area (Å²) in [6.07, 6.45) is 4.18. The highest BCUT2D eigenvalue weighted by Crippen LogP contribution is 2.61. The molecule has 5 fully saturated rings. The zero-order chi connectivity index (χ0) is 20.2. The van der Waals surface area contributed by atoms with Gasteiger partial charge < -0.3 is 9.80 Å². The molecule has 4 saturated carbocycles. The molecule has 3 nitrogen and oxygen atoms in total. The Labute approximate surface area is 170 Å². The molecule has 0 unspecified atom stereocenters. The Bertz CT molecular complexity index is 747. The number of amides is 1. The van der Waals surface area contributed by atoms with Gasteiger partial charge in [-0.3, -0.25) is 4.79 Å². The van der Waals surface area contributed by atoms with Crippen molar-refractivity contribution < 1.29 is 18.0 Å². The summed E-state index contributed by atoms with van der Waals surface area (Å²) in [6.45, 7) is 2.38. The number of carbonyl (C=O) groups is 1. The van der Waals surface area contributed by atoms with Gasteiger partial charge in [0.2, 0.25) is 5.91 Å². The highest BCUT2D eigenvalue weighted by atomic mass is 19.4. The van der Waals surface area contributed by atoms with Crippen LogP contribution in [0.3, 0.4) is 0 Å². The third-order valence-corrected chi connectivity index (χ3v) is 7.86. The molecule has 0 aromatic heterocycles. The Morgan fingerprint density at radius 1 is 0.966 bits per heavy atom. The van der Waals surface area contributed by atoms with Crippen molar-refractivity contribution in [2.45, 2.75) is 51.1 Å². The maximum atomic E-state index is 13.1. The van der Waals surface area contributed by atoms with Crippen molar-refractivity contribution in [3.05, 3.63) is 29.8 Å². The van der Waals surface area contributed by atoms with Gasteiger partial charge in [-0.05, 0) is 79.9 Å². The van der Waals surface area contributed by atoms with Gasteiger partial charge in [0, 0.05) is 38.3 Å². The fourth-order valence-corrected chi connectivity index (χ4v) is 7.03. The average molecular weight is 406 g/mol. The van der Waals surface area contributed by atoms with Crippen molar-refractivity contribution in [1.29, 1.82) is 0 Å². The first-order valence-electron chi connectivity index (χ1n) is 11.0. The zero-order valence-electron chi connectivity index (χ0n) is 16.8. The summed E-state index contributed by atoms with van der Waals surface area (Å²) in [5, 5.41) is 0. The normalized spacial score (nSPS) is 34.0. The van der Waals surface area contributed by atoms with E-state index in [1.807, 2.05) is 9.80 Å². The first-order valence-corrected chi connectivity index (χ1v) is 11.0. The number of alkyl halides is 3. The second-order valence-electron chi connectivity index (χ2n) is 10.0. The van der Waals surface area contributed by atoms with Crippen LogP contribution >= 0.6 is 0 Å². The second kappa shape index (κ2) is 6.92. The predicted octanol–water partition coefficient (Wildman–Crippen LogP) is 4.96. The van der Waals surface area contributed by atoms with Gasteiger partial charge in [-0.25, -0.2) is 0 Å². The van der Waals surface area contributed by atoms with Crippen LogP contribution in [0.1, 0.15) is 50.5 Å². The summed E-state index contributed by atoms with van der Waals surface area (Å²) in [4.78, 5) is 17.0. The number of anilines is 1. The summed E-state index contributed by atoms with van der Waals surface area (Å²) in [5.41, 5.74) is 0.215. The van der Waals surface area contributed by atoms with Crippen LogP contribution in [0, 0.1) is 23.2 Å². The molecule has 1 heterocycles. The highest BCUT2D eigenvalue weighted by molar-refractivity contribution is 5.77. The standard InChI is InChI=1S/C23H29F3N2O/c24-23(25,26)19-2-1-3-20(11-19)27-4-6-28(7-5-27)21(29)15-22-12-16-8-17(13-22)10-18(9-16)14-22/h1-3,11,16-18H,4-10,12-15H2. The van der Waals surface area contributed by atoms with E-state index < -0.39 is 11.7 Å². The second-order valence-corrected chi connectivity index (χ2v) is 10.0. The van der Waals surface area contributed by atoms with Crippen molar-refractivity contribution in [3.63, 3.8) is 0 Å². The van der Waals surface area contributed by atoms with Gasteiger partial charge in [0.25, 0.3) is 0 Å². The topological polar surface area (TPSA) is 23.6 Å². The molecule has 0 N–H and O–H groups in total. The molecule has 158 valence electrons. The molecule has 1 saturated heterocycles. The van der Waals surface area contributed by atoms with Gasteiger partial charge in [0.05, 0.1) is 5.56 Å². The third-order valence-electron chi connectivity index (χ3n) is 7.86. The first-order chi connectivity index (χ1) is 13.8. The van der Waals surface area contributed by atoms with Crippen LogP contribution in [0.25, 0.3) is 0 Å². The smallest absolute Gasteiger partial charge is 0.368 e. The Hall–Kier alpha value is -1.72. The van der Waals surface area contributed by atoms with E-state index in [0.29, 0.717) is 38.3 Å². The first kappa shape index (κ1) is 19.3. The number of carbonyl (C=O) groups excluding carboxylic acids is 1. The lowest BCUT2D eigenvalue weighted by atomic mass is 9.49. The molecule has 1 aliphatic heterocycles. The van der Waals surface area contributed by atoms with Gasteiger partial charge in [-0.2, -0.15) is 13.2 Å². The number of piperazine rings is 1. The van der Waals surface area contributed by atoms with Crippen molar-refractivity contribution >= 4 is 11.6 Å². The van der Waals surface area contributed by atoms with Crippen molar-refractivity contribution in [2.24, 2.45) is 23.2 Å². The van der Waals surface area contributed by atoms with Crippen LogP contribution in [0.15, 0.2) is 24.3 Å². The Balaban J connectivity index is 1.20. The molecule has 4 aliphatic carbocycles. The van der Waals surface area contributed by atoms with Crippen LogP contribution in [-0.2, 0) is 11.0 Å². The minimum atomic E-state index is -4.33. The molecular formula is C23H29F3N2O. The number of rotatable bonds is 3. The highest BCUT2D eigenvalue weighted by Gasteiger charge is 2.51. The Morgan fingerprint density at radius 2 is 1.55 bits per heavy atom. The molecule has 5 aliphatic rings. The summed E-state index contributed by atoms with van der Waals surface area (Å²) < 4.78 is 39.0. The number of hydrogen-bond donors (Lipinski definition) is 0. The van der Waals surface area contributed by atoms with Gasteiger partial charge >= 0.3 is 6.18 Å². The summed E-state index contributed by atoms with van der Waals surface area (Å²) in [6, 6.07) is 5.51. The predicted molar refractivity (Wildman–Crippen MR) is 105 cm³/mol. The van der Waals surface area contributed by atoms with Gasteiger partial charge in [-0.15, -0.1) is 0 Å². The van der Waals surface area contributed by atoms with Gasteiger partial charge in [0.1, 0.15) is 0 Å². The fraction of sp³-hybridized carbons (Fsp3) is 0.696. The van der Waals surface area contributed by atoms with Gasteiger partial charge in [0.15, 0.2) is 0 Å². The molecule has 1 aromatic carbocycles. The van der Waals surface area contributed by atoms with E-state index in [-0.39, 0.29) is 11.3 Å². The SMILES string of the molecule is O=C(CC12CC3CC(CC(C3)C1)C2)N1CCN(c2cccc(C(F)(F)F)c2)CC1. The number of hydrogen-bond acceptors (Lipinski definition) is 2. The molecule has 4 bridgehead atoms. The molecular weight excluding hydrogens is 377 g/mol. The molecule has 0 radical (unpaired) electrons. The van der Waals surface area contributed by atoms with Crippen LogP contribution < -0.4 is 4.90 Å². The van der Waals surface area contributed by atoms with E-state index in [2.05, 4.69) is 0 Å². The maximum Gasteiger partial charge on any atom is 0.416 e. The van der Waals surface area contributed by atoms with Gasteiger partial charge in [-0.1, -0.05) is 6.07 Å². The summed E-state index contributed by atoms with van der Waals surface area (Å²) >= 11 is 0. The Morgan fingerprint density at radius 3 is 2.10 bits per heavy atom. The van der Waals surface area contributed by atoms with E-state index in [4.69, 9.17) is 0 Å². The monoisotopic (exact) mass is 406 g/mol. The van der Waals surface area contributed by atoms with Crippen LogP contribution in [0.5, 0.6) is 0 Å². The average Bonchev–Trinajstić information content (AvgIpc) is 2.66. The maximum absolute atomic E-state index is 13.1. The van der Waals surface area contributed by atoms with Crippen molar-refractivity contribution in [2.75, 3.05) is 31.1 Å². The van der Waals surface area contributed by atoms with Crippen molar-refractivity contribution in [3.8, 4) is 0 Å². The lowest BCUT2D eigenvalue weighted by molar-refractivity contribution is -0.140. The van der Waals surface area contributed by atoms with E-state index in [1.165, 1.54) is 50.7 Å². The molecule has 1 amide bonds. The number of benzene rings is 1. The van der Waals surface area contributed by atoms with Crippen LogP contribution in [-0.4, -0.2) is 37.0 Å². The lowest BCUT2D eigenvalue weighted by Gasteiger charge is -2.57. The quantitative estimate of drug-likeness (QED) is 0.708. The number of halogens is 3. The van der Waals surface area contributed by atoms with E-state index in [9.17, 15) is 18.0 Å². The number of nitrogens with zero attached hydrogens (tertiary/aromatic N) is 2. The zero-order valence-corrected chi connectivity index (χ0v) is 16.8. The molecule has 0 spiro atoms. The molecule has 6 rings (SSSR count). The van der Waals surface area contributed by atoms with Crippen LogP contribution in [0.4, 0.5) is 18.9 Å². The molecule has 29 heavy (non-hydrogen) atoms. The largest absolute Gasteiger partial charge is 0.416 e. The fourth-order valence-electron chi connectivity index (χ4n) is 7.03. The van der Waals surface area contributed by atoms with E-state index in [0.717, 1.165) is 23.8 Å². The summed E-state index contributed by atoms with van der Waals surface area (Å²) in [5.74, 6) is 2.78. The Kier molecular flexibility index (Phi) is 4.59. The lowest BCUT2D eigenvalue weighted by Crippen LogP contribution is -2.52. The van der Waals surface area contributed by atoms with Crippen LogP contribution in [0.2, 0.25) is 0 Å². The minimum Gasteiger partial charge on any atom is -0.368 e. The minimum absolute atomic E-state index is 0.240. The van der Waals surface area contributed by atoms with E-state index >= 15 is 0 Å².